The highest BCUT2D eigenvalue weighted by Gasteiger charge is 2.21. The number of hydrogen-bond acceptors (Lipinski definition) is 3. The molecule has 92 valence electrons. The van der Waals surface area contributed by atoms with Gasteiger partial charge in [0.25, 0.3) is 0 Å². The molecule has 2 aromatic heterocycles. The molecule has 0 bridgehead atoms. The van der Waals surface area contributed by atoms with Gasteiger partial charge in [0.1, 0.15) is 17.6 Å². The summed E-state index contributed by atoms with van der Waals surface area (Å²) in [6.45, 7) is 8.40. The first-order valence-corrected chi connectivity index (χ1v) is 6.54. The van der Waals surface area contributed by atoms with Crippen LogP contribution in [0.15, 0.2) is 28.7 Å². The second-order valence-corrected chi connectivity index (χ2v) is 6.42. The Hall–Kier alpha value is -1.06. The largest absolute Gasteiger partial charge is 0.463 e. The van der Waals surface area contributed by atoms with Crippen molar-refractivity contribution in [3.8, 4) is 0 Å². The zero-order valence-electron chi connectivity index (χ0n) is 10.7. The minimum Gasteiger partial charge on any atom is -0.463 e. The molecule has 1 N–H and O–H groups in total. The van der Waals surface area contributed by atoms with Crippen molar-refractivity contribution < 1.29 is 9.52 Å². The van der Waals surface area contributed by atoms with E-state index in [1.54, 1.807) is 11.3 Å². The Kier molecular flexibility index (Phi) is 3.15. The van der Waals surface area contributed by atoms with E-state index in [1.165, 1.54) is 4.88 Å². The Morgan fingerprint density at radius 3 is 2.35 bits per heavy atom. The molecule has 1 atom stereocenters. The number of rotatable bonds is 2. The summed E-state index contributed by atoms with van der Waals surface area (Å²) in [6.07, 6.45) is -0.648. The minimum atomic E-state index is -0.648. The molecule has 0 aliphatic rings. The van der Waals surface area contributed by atoms with E-state index in [4.69, 9.17) is 4.42 Å². The van der Waals surface area contributed by atoms with Crippen molar-refractivity contribution in [1.82, 2.24) is 0 Å². The predicted molar refractivity (Wildman–Crippen MR) is 70.5 cm³/mol. The molecule has 2 nitrogen and oxygen atoms in total. The number of aliphatic hydroxyl groups excluding tert-OH is 1. The third kappa shape index (κ3) is 2.61. The molecule has 2 rings (SSSR count). The molecule has 0 aliphatic heterocycles. The molecule has 2 heterocycles. The Bertz CT molecular complexity index is 502. The Morgan fingerprint density at radius 2 is 1.88 bits per heavy atom. The van der Waals surface area contributed by atoms with Gasteiger partial charge in [0.15, 0.2) is 0 Å². The van der Waals surface area contributed by atoms with Crippen LogP contribution in [0.2, 0.25) is 0 Å². The van der Waals surface area contributed by atoms with Crippen LogP contribution < -0.4 is 0 Å². The summed E-state index contributed by atoms with van der Waals surface area (Å²) in [6, 6.07) is 7.76. The molecule has 2 aromatic rings. The Balaban J connectivity index is 2.26. The minimum absolute atomic E-state index is 0.127. The maximum absolute atomic E-state index is 10.2. The van der Waals surface area contributed by atoms with Crippen molar-refractivity contribution in [2.75, 3.05) is 0 Å². The van der Waals surface area contributed by atoms with E-state index < -0.39 is 6.10 Å². The van der Waals surface area contributed by atoms with Crippen LogP contribution in [-0.2, 0) is 5.41 Å². The average Bonchev–Trinajstić information content (AvgIpc) is 2.83. The van der Waals surface area contributed by atoms with Gasteiger partial charge in [-0.2, -0.15) is 0 Å². The van der Waals surface area contributed by atoms with Gasteiger partial charge < -0.3 is 9.52 Å². The summed E-state index contributed by atoms with van der Waals surface area (Å²) >= 11 is 1.64. The highest BCUT2D eigenvalue weighted by Crippen LogP contribution is 2.34. The summed E-state index contributed by atoms with van der Waals surface area (Å²) in [4.78, 5) is 2.21. The number of hydrogen-bond donors (Lipinski definition) is 1. The fourth-order valence-corrected chi connectivity index (χ4v) is 2.70. The lowest BCUT2D eigenvalue weighted by Crippen LogP contribution is -2.07. The lowest BCUT2D eigenvalue weighted by Gasteiger charge is -2.15. The monoisotopic (exact) mass is 250 g/mol. The summed E-state index contributed by atoms with van der Waals surface area (Å²) in [5.74, 6) is 1.44. The average molecular weight is 250 g/mol. The molecule has 1 unspecified atom stereocenters. The fraction of sp³-hybridized carbons (Fsp3) is 0.429. The molecule has 0 radical (unpaired) electrons. The first-order valence-electron chi connectivity index (χ1n) is 5.72. The normalized spacial score (nSPS) is 13.9. The van der Waals surface area contributed by atoms with Crippen LogP contribution in [-0.4, -0.2) is 5.11 Å². The van der Waals surface area contributed by atoms with Crippen LogP contribution in [0.25, 0.3) is 0 Å². The highest BCUT2D eigenvalue weighted by molar-refractivity contribution is 7.12. The summed E-state index contributed by atoms with van der Waals surface area (Å²) in [7, 11) is 0. The number of aryl methyl sites for hydroxylation is 1. The first kappa shape index (κ1) is 12.4. The van der Waals surface area contributed by atoms with Crippen molar-refractivity contribution in [1.29, 1.82) is 0 Å². The second kappa shape index (κ2) is 4.31. The molecule has 0 spiro atoms. The SMILES string of the molecule is Cc1ccc(C(O)c2ccc(C(C)(C)C)s2)o1. The van der Waals surface area contributed by atoms with Gasteiger partial charge in [-0.3, -0.25) is 0 Å². The van der Waals surface area contributed by atoms with Crippen molar-refractivity contribution in [3.63, 3.8) is 0 Å². The van der Waals surface area contributed by atoms with Gasteiger partial charge >= 0.3 is 0 Å². The van der Waals surface area contributed by atoms with Crippen molar-refractivity contribution in [3.05, 3.63) is 45.5 Å². The fourth-order valence-electron chi connectivity index (χ4n) is 1.64. The molecular formula is C14H18O2S. The first-order chi connectivity index (χ1) is 7.88. The van der Waals surface area contributed by atoms with Crippen LogP contribution in [0.4, 0.5) is 0 Å². The third-order valence-electron chi connectivity index (χ3n) is 2.67. The van der Waals surface area contributed by atoms with Gasteiger partial charge in [0.05, 0.1) is 0 Å². The zero-order chi connectivity index (χ0) is 12.6. The van der Waals surface area contributed by atoms with E-state index in [2.05, 4.69) is 26.8 Å². The maximum Gasteiger partial charge on any atom is 0.146 e. The molecule has 17 heavy (non-hydrogen) atoms. The van der Waals surface area contributed by atoms with Crippen LogP contribution >= 0.6 is 11.3 Å². The van der Waals surface area contributed by atoms with Crippen LogP contribution in [0.5, 0.6) is 0 Å². The quantitative estimate of drug-likeness (QED) is 0.873. The number of furan rings is 1. The second-order valence-electron chi connectivity index (χ2n) is 5.30. The van der Waals surface area contributed by atoms with Gasteiger partial charge in [-0.15, -0.1) is 11.3 Å². The van der Waals surface area contributed by atoms with Gasteiger partial charge in [0, 0.05) is 9.75 Å². The van der Waals surface area contributed by atoms with E-state index in [1.807, 2.05) is 25.1 Å². The molecular weight excluding hydrogens is 232 g/mol. The van der Waals surface area contributed by atoms with Crippen LogP contribution in [0.3, 0.4) is 0 Å². The molecule has 0 aliphatic carbocycles. The van der Waals surface area contributed by atoms with Gasteiger partial charge in [-0.1, -0.05) is 20.8 Å². The van der Waals surface area contributed by atoms with E-state index in [-0.39, 0.29) is 5.41 Å². The molecule has 0 fully saturated rings. The molecule has 3 heteroatoms. The maximum atomic E-state index is 10.2. The van der Waals surface area contributed by atoms with Gasteiger partial charge in [0.2, 0.25) is 0 Å². The number of thiophene rings is 1. The predicted octanol–water partition coefficient (Wildman–Crippen LogP) is 4.03. The van der Waals surface area contributed by atoms with Gasteiger partial charge in [-0.05, 0) is 36.6 Å². The standard InChI is InChI=1S/C14H18O2S/c1-9-5-6-10(16-9)13(15)11-7-8-12(17-11)14(2,3)4/h5-8,13,15H,1-4H3. The van der Waals surface area contributed by atoms with E-state index in [0.717, 1.165) is 10.6 Å². The third-order valence-corrected chi connectivity index (χ3v) is 4.23. The molecule has 0 saturated heterocycles. The smallest absolute Gasteiger partial charge is 0.146 e. The summed E-state index contributed by atoms with van der Waals surface area (Å²) in [5, 5.41) is 10.2. The van der Waals surface area contributed by atoms with E-state index in [0.29, 0.717) is 5.76 Å². The van der Waals surface area contributed by atoms with Gasteiger partial charge in [-0.25, -0.2) is 0 Å². The van der Waals surface area contributed by atoms with E-state index >= 15 is 0 Å². The van der Waals surface area contributed by atoms with Crippen LogP contribution in [0.1, 0.15) is 48.1 Å². The van der Waals surface area contributed by atoms with Crippen LogP contribution in [0, 0.1) is 6.92 Å². The highest BCUT2D eigenvalue weighted by atomic mass is 32.1. The topological polar surface area (TPSA) is 33.4 Å². The Morgan fingerprint density at radius 1 is 1.18 bits per heavy atom. The van der Waals surface area contributed by atoms with E-state index in [9.17, 15) is 5.11 Å². The summed E-state index contributed by atoms with van der Waals surface area (Å²) < 4.78 is 5.45. The van der Waals surface area contributed by atoms with Crippen molar-refractivity contribution >= 4 is 11.3 Å². The van der Waals surface area contributed by atoms with Crippen molar-refractivity contribution in [2.45, 2.75) is 39.2 Å². The number of aliphatic hydroxyl groups is 1. The Labute approximate surface area is 106 Å². The lowest BCUT2D eigenvalue weighted by molar-refractivity contribution is 0.191. The lowest BCUT2D eigenvalue weighted by atomic mass is 9.95. The molecule has 0 amide bonds. The van der Waals surface area contributed by atoms with Crippen molar-refractivity contribution in [2.24, 2.45) is 0 Å². The molecule has 0 aromatic carbocycles. The summed E-state index contributed by atoms with van der Waals surface area (Å²) in [5.41, 5.74) is 0.127. The zero-order valence-corrected chi connectivity index (χ0v) is 11.5. The molecule has 0 saturated carbocycles.